The van der Waals surface area contributed by atoms with Gasteiger partial charge in [-0.15, -0.1) is 0 Å². The van der Waals surface area contributed by atoms with Crippen LogP contribution in [0.2, 0.25) is 0 Å². The highest BCUT2D eigenvalue weighted by Crippen LogP contribution is 2.36. The van der Waals surface area contributed by atoms with E-state index in [0.717, 1.165) is 97.2 Å². The lowest BCUT2D eigenvalue weighted by Crippen LogP contribution is -2.43. The zero-order chi connectivity index (χ0) is 37.1. The molecule has 0 spiro atoms. The number of imidazole rings is 2. The van der Waals surface area contributed by atoms with Crippen LogP contribution in [0.5, 0.6) is 0 Å². The van der Waals surface area contributed by atoms with Gasteiger partial charge in [0.05, 0.1) is 35.9 Å². The lowest BCUT2D eigenvalue weighted by molar-refractivity contribution is -0.138. The summed E-state index contributed by atoms with van der Waals surface area (Å²) in [4.78, 5) is 59.2. The van der Waals surface area contributed by atoms with Crippen molar-refractivity contribution in [3.05, 3.63) is 104 Å². The third-order valence-electron chi connectivity index (χ3n) is 11.0. The van der Waals surface area contributed by atoms with Gasteiger partial charge in [0.25, 0.3) is 0 Å². The van der Waals surface area contributed by atoms with E-state index >= 15 is 0 Å². The first-order valence-corrected chi connectivity index (χ1v) is 19.0. The van der Waals surface area contributed by atoms with E-state index in [1.165, 1.54) is 0 Å². The van der Waals surface area contributed by atoms with Crippen molar-refractivity contribution in [2.24, 2.45) is 11.8 Å². The van der Waals surface area contributed by atoms with E-state index < -0.39 is 0 Å². The number of benzene rings is 2. The number of aromatic nitrogens is 6. The minimum absolute atomic E-state index is 0.0759. The van der Waals surface area contributed by atoms with Crippen LogP contribution < -0.4 is 0 Å². The van der Waals surface area contributed by atoms with E-state index in [4.69, 9.17) is 4.98 Å². The number of hydrogen-bond acceptors (Lipinski definition) is 7. The Kier molecular flexibility index (Phi) is 10.8. The summed E-state index contributed by atoms with van der Waals surface area (Å²) in [7, 11) is 0. The molecule has 4 atom stereocenters. The highest BCUT2D eigenvalue weighted by Gasteiger charge is 2.38. The highest BCUT2D eigenvalue weighted by atomic mass is 16.2. The van der Waals surface area contributed by atoms with Gasteiger partial charge in [-0.1, -0.05) is 82.3 Å². The van der Waals surface area contributed by atoms with Crippen molar-refractivity contribution in [2.75, 3.05) is 26.2 Å². The summed E-state index contributed by atoms with van der Waals surface area (Å²) in [5, 5.41) is 0. The Morgan fingerprint density at radius 2 is 1.26 bits per heavy atom. The molecule has 2 aliphatic heterocycles. The van der Waals surface area contributed by atoms with Crippen LogP contribution in [0.15, 0.2) is 79.4 Å². The second-order valence-corrected chi connectivity index (χ2v) is 14.5. The molecule has 11 heteroatoms. The van der Waals surface area contributed by atoms with Crippen LogP contribution in [0.1, 0.15) is 88.7 Å². The van der Waals surface area contributed by atoms with Gasteiger partial charge in [-0.25, -0.2) is 19.9 Å². The Bertz CT molecular complexity index is 1980. The van der Waals surface area contributed by atoms with Gasteiger partial charge >= 0.3 is 0 Å². The molecule has 2 fully saturated rings. The van der Waals surface area contributed by atoms with Gasteiger partial charge in [0.2, 0.25) is 11.8 Å². The molecule has 0 aliphatic carbocycles. The SMILES string of the molecule is [CH2]C(C(=O)N1CCC[C@H]1c1ncc(-c2cnc(-c3ccc(-c4cnc([C@@H]5CCCN5C(=O)[C@@H](c5ccccc5)N(CC)CC)[nH]4)cc3)nc2)[nH]1)C(C)C. The lowest BCUT2D eigenvalue weighted by atomic mass is 9.96. The Balaban J connectivity index is 1.02. The van der Waals surface area contributed by atoms with Crippen LogP contribution in [0.4, 0.5) is 0 Å². The molecule has 2 saturated heterocycles. The van der Waals surface area contributed by atoms with Gasteiger partial charge in [0, 0.05) is 42.5 Å². The average Bonchev–Trinajstić information content (AvgIpc) is 4.03. The van der Waals surface area contributed by atoms with E-state index in [2.05, 4.69) is 62.7 Å². The molecule has 275 valence electrons. The summed E-state index contributed by atoms with van der Waals surface area (Å²) >= 11 is 0. The summed E-state index contributed by atoms with van der Waals surface area (Å²) in [5.41, 5.74) is 5.46. The summed E-state index contributed by atoms with van der Waals surface area (Å²) in [6.45, 7) is 15.4. The van der Waals surface area contributed by atoms with E-state index in [1.807, 2.05) is 72.3 Å². The fourth-order valence-corrected chi connectivity index (χ4v) is 7.74. The molecule has 0 saturated carbocycles. The molecule has 5 aromatic rings. The molecule has 2 aliphatic rings. The third kappa shape index (κ3) is 7.40. The predicted octanol–water partition coefficient (Wildman–Crippen LogP) is 7.44. The minimum atomic E-state index is -0.321. The number of nitrogens with one attached hydrogen (secondary N) is 2. The first kappa shape index (κ1) is 36.2. The second-order valence-electron chi connectivity index (χ2n) is 14.5. The van der Waals surface area contributed by atoms with Gasteiger partial charge in [0.1, 0.15) is 17.7 Å². The van der Waals surface area contributed by atoms with E-state index in [-0.39, 0.29) is 41.8 Å². The predicted molar refractivity (Wildman–Crippen MR) is 206 cm³/mol. The Morgan fingerprint density at radius 3 is 1.81 bits per heavy atom. The van der Waals surface area contributed by atoms with Crippen molar-refractivity contribution in [3.63, 3.8) is 0 Å². The number of amides is 2. The van der Waals surface area contributed by atoms with Crippen molar-refractivity contribution in [2.45, 2.75) is 71.5 Å². The molecule has 1 radical (unpaired) electrons. The topological polar surface area (TPSA) is 127 Å². The number of carbonyl (C=O) groups is 2. The molecule has 2 N–H and O–H groups in total. The van der Waals surface area contributed by atoms with Crippen molar-refractivity contribution in [1.29, 1.82) is 0 Å². The van der Waals surface area contributed by atoms with Gasteiger partial charge in [-0.2, -0.15) is 0 Å². The normalized spacial score (nSPS) is 18.6. The zero-order valence-electron chi connectivity index (χ0n) is 31.2. The molecule has 3 aromatic heterocycles. The van der Waals surface area contributed by atoms with Crippen molar-refractivity contribution in [1.82, 2.24) is 44.6 Å². The number of carbonyl (C=O) groups excluding carboxylic acids is 2. The molecular weight excluding hydrogens is 663 g/mol. The lowest BCUT2D eigenvalue weighted by Gasteiger charge is -2.34. The monoisotopic (exact) mass is 712 g/mol. The largest absolute Gasteiger partial charge is 0.340 e. The summed E-state index contributed by atoms with van der Waals surface area (Å²) < 4.78 is 0. The number of likely N-dealkylation sites (tertiary alicyclic amines) is 2. The van der Waals surface area contributed by atoms with Crippen molar-refractivity contribution in [3.8, 4) is 33.9 Å². The minimum Gasteiger partial charge on any atom is -0.340 e. The number of aromatic amines is 2. The molecule has 7 rings (SSSR count). The molecule has 11 nitrogen and oxygen atoms in total. The van der Waals surface area contributed by atoms with E-state index in [9.17, 15) is 9.59 Å². The van der Waals surface area contributed by atoms with Gasteiger partial charge in [0.15, 0.2) is 5.82 Å². The number of rotatable bonds is 12. The molecule has 1 unspecified atom stereocenters. The second kappa shape index (κ2) is 15.8. The number of hydrogen-bond donors (Lipinski definition) is 2. The van der Waals surface area contributed by atoms with Crippen LogP contribution in [0, 0.1) is 18.8 Å². The first-order valence-electron chi connectivity index (χ1n) is 19.0. The van der Waals surface area contributed by atoms with E-state index in [1.54, 1.807) is 18.6 Å². The maximum Gasteiger partial charge on any atom is 0.245 e. The fraction of sp³-hybridized carbons (Fsp3) is 0.405. The Hall–Kier alpha value is -5.16. The smallest absolute Gasteiger partial charge is 0.245 e. The third-order valence-corrected chi connectivity index (χ3v) is 11.0. The molecule has 5 heterocycles. The Morgan fingerprint density at radius 1 is 0.736 bits per heavy atom. The number of H-pyrrole nitrogens is 2. The van der Waals surface area contributed by atoms with Crippen molar-refractivity contribution >= 4 is 11.8 Å². The van der Waals surface area contributed by atoms with Gasteiger partial charge in [-0.3, -0.25) is 14.5 Å². The van der Waals surface area contributed by atoms with Gasteiger partial charge in [-0.05, 0) is 62.7 Å². The van der Waals surface area contributed by atoms with E-state index in [0.29, 0.717) is 5.82 Å². The summed E-state index contributed by atoms with van der Waals surface area (Å²) in [6, 6.07) is 17.7. The molecule has 53 heavy (non-hydrogen) atoms. The highest BCUT2D eigenvalue weighted by molar-refractivity contribution is 5.84. The Labute approximate surface area is 312 Å². The van der Waals surface area contributed by atoms with Gasteiger partial charge < -0.3 is 19.8 Å². The van der Waals surface area contributed by atoms with Crippen LogP contribution in [0.3, 0.4) is 0 Å². The maximum absolute atomic E-state index is 14.2. The first-order chi connectivity index (χ1) is 25.8. The van der Waals surface area contributed by atoms with Crippen LogP contribution >= 0.6 is 0 Å². The van der Waals surface area contributed by atoms with Crippen molar-refractivity contribution < 1.29 is 9.59 Å². The standard InChI is InChI=1S/C42H50N9O2/c1-6-49(7-2)37(30-13-9-8-10-14-30)42(53)51-22-12-16-36(51)40-45-25-33(47-40)29-17-19-31(20-18-29)38-43-23-32(24-44-38)34-26-46-39(48-34)35-15-11-21-50(35)41(52)28(5)27(3)4/h8-10,13-14,17-20,23-28,35-37H,5-7,11-12,15-16,21-22H2,1-4H3,(H,45,47)(H,46,48)/t28?,35-,36-,37+/m0/s1. The van der Waals surface area contributed by atoms with Crippen LogP contribution in [0.25, 0.3) is 33.9 Å². The molecule has 2 amide bonds. The number of nitrogens with zero attached hydrogens (tertiary/aromatic N) is 7. The molecule has 2 aromatic carbocycles. The quantitative estimate of drug-likeness (QED) is 0.138. The summed E-state index contributed by atoms with van der Waals surface area (Å²) in [6.07, 6.45) is 10.9. The molecular formula is C42H50N9O2. The summed E-state index contributed by atoms with van der Waals surface area (Å²) in [5.74, 6) is 2.35. The molecule has 0 bridgehead atoms. The average molecular weight is 713 g/mol. The van der Waals surface area contributed by atoms with Crippen LogP contribution in [-0.4, -0.2) is 82.6 Å². The maximum atomic E-state index is 14.2. The van der Waals surface area contributed by atoms with Crippen LogP contribution in [-0.2, 0) is 9.59 Å². The zero-order valence-corrected chi connectivity index (χ0v) is 31.2. The number of likely N-dealkylation sites (N-methyl/N-ethyl adjacent to an activating group) is 1. The fourth-order valence-electron chi connectivity index (χ4n) is 7.74.